The smallest absolute Gasteiger partial charge is 0.277 e. The van der Waals surface area contributed by atoms with Crippen LogP contribution in [-0.2, 0) is 19.4 Å². The lowest BCUT2D eigenvalue weighted by Gasteiger charge is -2.24. The van der Waals surface area contributed by atoms with Gasteiger partial charge in [0.25, 0.3) is 5.91 Å². The number of amidine groups is 1. The lowest BCUT2D eigenvalue weighted by atomic mass is 10.2. The van der Waals surface area contributed by atoms with Crippen LogP contribution in [0.1, 0.15) is 12.8 Å². The van der Waals surface area contributed by atoms with Crippen LogP contribution in [0.15, 0.2) is 33.7 Å². The van der Waals surface area contributed by atoms with Gasteiger partial charge in [-0.3, -0.25) is 4.79 Å². The maximum absolute atomic E-state index is 12.4. The summed E-state index contributed by atoms with van der Waals surface area (Å²) in [6, 6.07) is 7.43. The van der Waals surface area contributed by atoms with Gasteiger partial charge in [-0.2, -0.15) is 4.99 Å². The number of nitrogens with zero attached hydrogens (tertiary/aromatic N) is 2. The van der Waals surface area contributed by atoms with Crippen molar-refractivity contribution >= 4 is 54.3 Å². The van der Waals surface area contributed by atoms with Crippen molar-refractivity contribution < 1.29 is 17.9 Å². The minimum absolute atomic E-state index is 0.0876. The van der Waals surface area contributed by atoms with Gasteiger partial charge in [-0.1, -0.05) is 33.8 Å². The zero-order chi connectivity index (χ0) is 17.6. The minimum Gasteiger partial charge on any atom is -0.368 e. The molecule has 1 aromatic rings. The lowest BCUT2D eigenvalue weighted by Crippen LogP contribution is -2.38. The van der Waals surface area contributed by atoms with Crippen molar-refractivity contribution in [2.45, 2.75) is 30.2 Å². The molecule has 25 heavy (non-hydrogen) atoms. The van der Waals surface area contributed by atoms with Crippen LogP contribution in [0.2, 0.25) is 0 Å². The summed E-state index contributed by atoms with van der Waals surface area (Å²) in [6.45, 7) is 0.591. The zero-order valence-electron chi connectivity index (χ0n) is 13.3. The molecule has 134 valence electrons. The summed E-state index contributed by atoms with van der Waals surface area (Å²) in [5, 5.41) is 0.475. The van der Waals surface area contributed by atoms with E-state index in [9.17, 15) is 13.2 Å². The average molecular weight is 445 g/mol. The van der Waals surface area contributed by atoms with Crippen LogP contribution in [0, 0.1) is 0 Å². The van der Waals surface area contributed by atoms with Gasteiger partial charge in [-0.05, 0) is 31.0 Å². The summed E-state index contributed by atoms with van der Waals surface area (Å²) in [5.41, 5.74) is 0.838. The lowest BCUT2D eigenvalue weighted by molar-refractivity contribution is -0.126. The van der Waals surface area contributed by atoms with Gasteiger partial charge < -0.3 is 9.64 Å². The highest BCUT2D eigenvalue weighted by Gasteiger charge is 2.49. The molecular formula is C16H17BrN2O4S2. The molecule has 1 amide bonds. The highest BCUT2D eigenvalue weighted by Crippen LogP contribution is 2.41. The molecule has 0 saturated carbocycles. The topological polar surface area (TPSA) is 76.0 Å². The molecule has 0 spiro atoms. The summed E-state index contributed by atoms with van der Waals surface area (Å²) in [6.07, 6.45) is 1.09. The number of sulfone groups is 1. The summed E-state index contributed by atoms with van der Waals surface area (Å²) in [4.78, 5) is 18.6. The number of amides is 1. The quantitative estimate of drug-likeness (QED) is 0.695. The number of benzene rings is 1. The fourth-order valence-electron chi connectivity index (χ4n) is 3.43. The second kappa shape index (κ2) is 6.68. The molecule has 3 saturated heterocycles. The second-order valence-corrected chi connectivity index (χ2v) is 10.7. The van der Waals surface area contributed by atoms with Gasteiger partial charge in [-0.15, -0.1) is 0 Å². The van der Waals surface area contributed by atoms with Crippen molar-refractivity contribution in [2.24, 2.45) is 4.99 Å². The Morgan fingerprint density at radius 2 is 2.20 bits per heavy atom. The molecule has 3 heterocycles. The van der Waals surface area contributed by atoms with Crippen LogP contribution in [0.4, 0.5) is 5.69 Å². The van der Waals surface area contributed by atoms with Gasteiger partial charge in [-0.25, -0.2) is 8.42 Å². The molecule has 9 heteroatoms. The molecule has 3 aliphatic heterocycles. The van der Waals surface area contributed by atoms with Gasteiger partial charge in [0.05, 0.1) is 17.5 Å². The van der Waals surface area contributed by atoms with Crippen molar-refractivity contribution in [1.82, 2.24) is 0 Å². The standard InChI is InChI=1S/C16H17BrN2O4S2/c17-10-3-1-4-11(7-10)19-12-8-25(21,22)9-14(12)24-16(19)18-15(20)13-5-2-6-23-13/h1,3-4,7,12-14H,2,5-6,8-9H2. The van der Waals surface area contributed by atoms with Crippen molar-refractivity contribution in [3.63, 3.8) is 0 Å². The van der Waals surface area contributed by atoms with Gasteiger partial charge in [0.15, 0.2) is 15.0 Å². The number of halogens is 1. The Labute approximate surface area is 159 Å². The van der Waals surface area contributed by atoms with Gasteiger partial charge in [0.1, 0.15) is 6.10 Å². The van der Waals surface area contributed by atoms with Gasteiger partial charge in [0, 0.05) is 22.0 Å². The fraction of sp³-hybridized carbons (Fsp3) is 0.500. The predicted octanol–water partition coefficient (Wildman–Crippen LogP) is 2.23. The first-order valence-electron chi connectivity index (χ1n) is 8.09. The number of thioether (sulfide) groups is 1. The average Bonchev–Trinajstić information content (AvgIpc) is 3.21. The zero-order valence-corrected chi connectivity index (χ0v) is 16.5. The van der Waals surface area contributed by atoms with Crippen molar-refractivity contribution in [2.75, 3.05) is 23.0 Å². The molecule has 6 nitrogen and oxygen atoms in total. The van der Waals surface area contributed by atoms with E-state index in [2.05, 4.69) is 20.9 Å². The van der Waals surface area contributed by atoms with Crippen molar-refractivity contribution in [3.05, 3.63) is 28.7 Å². The number of aliphatic imine (C=N–C) groups is 1. The summed E-state index contributed by atoms with van der Waals surface area (Å²) < 4.78 is 30.4. The third-order valence-corrected chi connectivity index (χ3v) is 8.27. The van der Waals surface area contributed by atoms with Gasteiger partial charge in [0.2, 0.25) is 0 Å². The van der Waals surface area contributed by atoms with E-state index in [4.69, 9.17) is 4.74 Å². The first kappa shape index (κ1) is 17.5. The Morgan fingerprint density at radius 3 is 2.92 bits per heavy atom. The normalized spacial score (nSPS) is 32.3. The molecule has 3 unspecified atom stereocenters. The molecule has 3 fully saturated rings. The summed E-state index contributed by atoms with van der Waals surface area (Å²) in [5.74, 6) is -0.0626. The molecule has 1 aromatic carbocycles. The predicted molar refractivity (Wildman–Crippen MR) is 102 cm³/mol. The van der Waals surface area contributed by atoms with Crippen LogP contribution >= 0.6 is 27.7 Å². The van der Waals surface area contributed by atoms with Crippen LogP contribution in [0.25, 0.3) is 0 Å². The Bertz CT molecular complexity index is 836. The van der Waals surface area contributed by atoms with E-state index in [1.165, 1.54) is 11.8 Å². The first-order valence-corrected chi connectivity index (χ1v) is 11.6. The van der Waals surface area contributed by atoms with Crippen LogP contribution in [0.3, 0.4) is 0 Å². The number of fused-ring (bicyclic) bond motifs is 1. The number of anilines is 1. The fourth-order valence-corrected chi connectivity index (χ4v) is 7.74. The van der Waals surface area contributed by atoms with E-state index in [0.717, 1.165) is 16.6 Å². The van der Waals surface area contributed by atoms with E-state index >= 15 is 0 Å². The highest BCUT2D eigenvalue weighted by molar-refractivity contribution is 9.10. The third kappa shape index (κ3) is 3.51. The maximum Gasteiger partial charge on any atom is 0.277 e. The number of rotatable bonds is 2. The molecule has 4 rings (SSSR count). The first-order chi connectivity index (χ1) is 11.9. The minimum atomic E-state index is -3.06. The van der Waals surface area contributed by atoms with E-state index < -0.39 is 15.9 Å². The molecule has 0 N–H and O–H groups in total. The maximum atomic E-state index is 12.4. The number of hydrogen-bond acceptors (Lipinski definition) is 5. The number of hydrogen-bond donors (Lipinski definition) is 0. The molecule has 3 atom stereocenters. The second-order valence-electron chi connectivity index (χ2n) is 6.38. The van der Waals surface area contributed by atoms with E-state index in [0.29, 0.717) is 18.2 Å². The summed E-state index contributed by atoms with van der Waals surface area (Å²) in [7, 11) is -3.06. The molecule has 0 aliphatic carbocycles. The van der Waals surface area contributed by atoms with Gasteiger partial charge >= 0.3 is 0 Å². The Hall–Kier alpha value is -0.900. The Kier molecular flexibility index (Phi) is 4.68. The third-order valence-electron chi connectivity index (χ3n) is 4.56. The Morgan fingerprint density at radius 1 is 1.36 bits per heavy atom. The largest absolute Gasteiger partial charge is 0.368 e. The number of ether oxygens (including phenoxy) is 1. The van der Waals surface area contributed by atoms with E-state index in [1.807, 2.05) is 29.2 Å². The van der Waals surface area contributed by atoms with Crippen LogP contribution in [-0.4, -0.2) is 55.0 Å². The SMILES string of the molecule is O=C(N=C1SC2CS(=O)(=O)CC2N1c1cccc(Br)c1)C1CCCO1. The molecule has 0 radical (unpaired) electrons. The summed E-state index contributed by atoms with van der Waals surface area (Å²) >= 11 is 4.83. The molecular weight excluding hydrogens is 428 g/mol. The Balaban J connectivity index is 1.69. The van der Waals surface area contributed by atoms with Crippen molar-refractivity contribution in [3.8, 4) is 0 Å². The monoisotopic (exact) mass is 444 g/mol. The molecule has 0 bridgehead atoms. The van der Waals surface area contributed by atoms with Crippen LogP contribution < -0.4 is 4.90 Å². The van der Waals surface area contributed by atoms with Crippen LogP contribution in [0.5, 0.6) is 0 Å². The number of carbonyl (C=O) groups excluding carboxylic acids is 1. The number of carbonyl (C=O) groups is 1. The van der Waals surface area contributed by atoms with E-state index in [1.54, 1.807) is 0 Å². The van der Waals surface area contributed by atoms with Crippen molar-refractivity contribution in [1.29, 1.82) is 0 Å². The van der Waals surface area contributed by atoms with E-state index in [-0.39, 0.29) is 28.7 Å². The molecule has 3 aliphatic rings. The highest BCUT2D eigenvalue weighted by atomic mass is 79.9. The molecule has 0 aromatic heterocycles.